The van der Waals surface area contributed by atoms with Crippen LogP contribution in [0.2, 0.25) is 0 Å². The van der Waals surface area contributed by atoms with Crippen LogP contribution in [-0.2, 0) is 0 Å². The lowest BCUT2D eigenvalue weighted by atomic mass is 10.2. The van der Waals surface area contributed by atoms with Crippen molar-refractivity contribution in [2.75, 3.05) is 5.73 Å². The third-order valence-corrected chi connectivity index (χ3v) is 2.87. The van der Waals surface area contributed by atoms with Crippen molar-refractivity contribution in [3.63, 3.8) is 0 Å². The first-order valence-corrected chi connectivity index (χ1v) is 5.98. The monoisotopic (exact) mass is 251 g/mol. The first-order valence-electron chi connectivity index (χ1n) is 5.98. The number of rotatable bonds is 2. The number of pyridine rings is 2. The van der Waals surface area contributed by atoms with Crippen molar-refractivity contribution >= 4 is 16.6 Å². The molecule has 2 N–H and O–H groups in total. The highest BCUT2D eigenvalue weighted by Crippen LogP contribution is 2.30. The van der Waals surface area contributed by atoms with Gasteiger partial charge in [-0.15, -0.1) is 0 Å². The summed E-state index contributed by atoms with van der Waals surface area (Å²) in [6.45, 7) is 1.94. The van der Waals surface area contributed by atoms with Gasteiger partial charge in [0.1, 0.15) is 11.5 Å². The van der Waals surface area contributed by atoms with Crippen molar-refractivity contribution in [1.82, 2.24) is 9.97 Å². The lowest BCUT2D eigenvalue weighted by Crippen LogP contribution is -1.92. The molecule has 2 aromatic heterocycles. The number of benzene rings is 1. The molecule has 0 fully saturated rings. The molecule has 4 nitrogen and oxygen atoms in total. The first-order chi connectivity index (χ1) is 9.24. The number of nitrogens with two attached hydrogens (primary N) is 1. The maximum atomic E-state index is 5.91. The average molecular weight is 251 g/mol. The van der Waals surface area contributed by atoms with Crippen LogP contribution < -0.4 is 10.5 Å². The van der Waals surface area contributed by atoms with Crippen LogP contribution in [0.1, 0.15) is 5.69 Å². The van der Waals surface area contributed by atoms with Crippen molar-refractivity contribution in [1.29, 1.82) is 0 Å². The third-order valence-electron chi connectivity index (χ3n) is 2.87. The summed E-state index contributed by atoms with van der Waals surface area (Å²) in [6, 6.07) is 11.3. The van der Waals surface area contributed by atoms with Crippen molar-refractivity contribution in [2.24, 2.45) is 0 Å². The third kappa shape index (κ3) is 2.20. The van der Waals surface area contributed by atoms with E-state index >= 15 is 0 Å². The molecular formula is C15H13N3O. The summed E-state index contributed by atoms with van der Waals surface area (Å²) in [5.74, 6) is 1.42. The molecule has 0 aliphatic rings. The van der Waals surface area contributed by atoms with E-state index in [1.54, 1.807) is 12.4 Å². The van der Waals surface area contributed by atoms with E-state index in [2.05, 4.69) is 9.97 Å². The second-order valence-electron chi connectivity index (χ2n) is 4.29. The number of ether oxygens (including phenoxy) is 1. The quantitative estimate of drug-likeness (QED) is 0.710. The van der Waals surface area contributed by atoms with Gasteiger partial charge in [0.15, 0.2) is 0 Å². The van der Waals surface area contributed by atoms with Crippen LogP contribution in [0.15, 0.2) is 48.8 Å². The maximum absolute atomic E-state index is 5.91. The number of para-hydroxylation sites is 1. The summed E-state index contributed by atoms with van der Waals surface area (Å²) < 4.78 is 5.84. The number of aryl methyl sites for hydroxylation is 1. The van der Waals surface area contributed by atoms with Gasteiger partial charge in [0.2, 0.25) is 0 Å². The van der Waals surface area contributed by atoms with Crippen LogP contribution in [0.3, 0.4) is 0 Å². The molecule has 0 aliphatic heterocycles. The summed E-state index contributed by atoms with van der Waals surface area (Å²) in [6.07, 6.45) is 3.39. The molecule has 3 aromatic rings. The Balaban J connectivity index is 2.06. The van der Waals surface area contributed by atoms with Gasteiger partial charge in [-0.2, -0.15) is 0 Å². The molecule has 0 aliphatic carbocycles. The van der Waals surface area contributed by atoms with Crippen LogP contribution in [0.4, 0.5) is 5.69 Å². The number of nitrogens with zero attached hydrogens (tertiary/aromatic N) is 2. The largest absolute Gasteiger partial charge is 0.455 e. The summed E-state index contributed by atoms with van der Waals surface area (Å²) >= 11 is 0. The Bertz CT molecular complexity index is 723. The average Bonchev–Trinajstić information content (AvgIpc) is 2.43. The van der Waals surface area contributed by atoms with Crippen molar-refractivity contribution in [3.8, 4) is 11.5 Å². The fraction of sp³-hybridized carbons (Fsp3) is 0.0667. The zero-order valence-corrected chi connectivity index (χ0v) is 10.5. The van der Waals surface area contributed by atoms with E-state index in [9.17, 15) is 0 Å². The summed E-state index contributed by atoms with van der Waals surface area (Å²) in [5.41, 5.74) is 8.26. The summed E-state index contributed by atoms with van der Waals surface area (Å²) in [7, 11) is 0. The van der Waals surface area contributed by atoms with Crippen LogP contribution in [0.5, 0.6) is 11.5 Å². The van der Waals surface area contributed by atoms with Gasteiger partial charge in [-0.1, -0.05) is 6.07 Å². The molecule has 0 saturated carbocycles. The molecule has 19 heavy (non-hydrogen) atoms. The lowest BCUT2D eigenvalue weighted by molar-refractivity contribution is 0.485. The molecule has 2 heterocycles. The van der Waals surface area contributed by atoms with Gasteiger partial charge in [0.05, 0.1) is 17.4 Å². The van der Waals surface area contributed by atoms with Crippen LogP contribution in [0.25, 0.3) is 10.9 Å². The predicted molar refractivity (Wildman–Crippen MR) is 75.2 cm³/mol. The zero-order chi connectivity index (χ0) is 13.2. The molecule has 94 valence electrons. The van der Waals surface area contributed by atoms with Gasteiger partial charge in [-0.25, -0.2) is 0 Å². The van der Waals surface area contributed by atoms with Crippen molar-refractivity contribution < 1.29 is 4.74 Å². The highest BCUT2D eigenvalue weighted by Gasteiger charge is 2.06. The molecular weight excluding hydrogens is 238 g/mol. The van der Waals surface area contributed by atoms with Crippen molar-refractivity contribution in [2.45, 2.75) is 6.92 Å². The normalized spacial score (nSPS) is 10.6. The van der Waals surface area contributed by atoms with Crippen molar-refractivity contribution in [3.05, 3.63) is 54.5 Å². The second kappa shape index (κ2) is 4.57. The fourth-order valence-electron chi connectivity index (χ4n) is 1.90. The number of anilines is 1. The van der Waals surface area contributed by atoms with Gasteiger partial charge >= 0.3 is 0 Å². The Morgan fingerprint density at radius 1 is 1.05 bits per heavy atom. The smallest absolute Gasteiger partial charge is 0.145 e. The van der Waals surface area contributed by atoms with E-state index in [-0.39, 0.29) is 0 Å². The minimum atomic E-state index is 0.644. The Labute approximate surface area is 110 Å². The molecule has 0 bridgehead atoms. The molecule has 3 rings (SSSR count). The molecule has 0 spiro atoms. The molecule has 0 atom stereocenters. The highest BCUT2D eigenvalue weighted by atomic mass is 16.5. The van der Waals surface area contributed by atoms with E-state index in [0.717, 1.165) is 22.3 Å². The van der Waals surface area contributed by atoms with E-state index < -0.39 is 0 Å². The molecule has 0 radical (unpaired) electrons. The molecule has 1 aromatic carbocycles. The number of hydrogen-bond donors (Lipinski definition) is 1. The van der Waals surface area contributed by atoms with E-state index in [1.807, 2.05) is 43.3 Å². The van der Waals surface area contributed by atoms with E-state index in [1.165, 1.54) is 0 Å². The van der Waals surface area contributed by atoms with Crippen LogP contribution in [-0.4, -0.2) is 9.97 Å². The Kier molecular flexibility index (Phi) is 2.76. The Hall–Kier alpha value is -2.62. The standard InChI is InChI=1S/C15H13N3O/c1-10-5-6-11(9-18-10)19-14-7-8-17-15-12(14)3-2-4-13(15)16/h2-9H,16H2,1H3. The minimum Gasteiger partial charge on any atom is -0.455 e. The second-order valence-corrected chi connectivity index (χ2v) is 4.29. The number of aromatic nitrogens is 2. The van der Waals surface area contributed by atoms with E-state index in [4.69, 9.17) is 10.5 Å². The topological polar surface area (TPSA) is 61.0 Å². The Morgan fingerprint density at radius 2 is 1.95 bits per heavy atom. The number of fused-ring (bicyclic) bond motifs is 1. The predicted octanol–water partition coefficient (Wildman–Crippen LogP) is 3.31. The SMILES string of the molecule is Cc1ccc(Oc2ccnc3c(N)cccc23)cn1. The van der Waals surface area contributed by atoms with Crippen LogP contribution >= 0.6 is 0 Å². The first kappa shape index (κ1) is 11.5. The van der Waals surface area contributed by atoms with Gasteiger partial charge < -0.3 is 10.5 Å². The number of nitrogen functional groups attached to an aromatic ring is 1. The Morgan fingerprint density at radius 3 is 2.74 bits per heavy atom. The molecule has 0 unspecified atom stereocenters. The maximum Gasteiger partial charge on any atom is 0.145 e. The van der Waals surface area contributed by atoms with E-state index in [0.29, 0.717) is 11.4 Å². The molecule has 4 heteroatoms. The highest BCUT2D eigenvalue weighted by molar-refractivity contribution is 5.93. The van der Waals surface area contributed by atoms with Crippen LogP contribution in [0, 0.1) is 6.92 Å². The van der Waals surface area contributed by atoms with Gasteiger partial charge in [0.25, 0.3) is 0 Å². The summed E-state index contributed by atoms with van der Waals surface area (Å²) in [4.78, 5) is 8.48. The zero-order valence-electron chi connectivity index (χ0n) is 10.5. The fourth-order valence-corrected chi connectivity index (χ4v) is 1.90. The van der Waals surface area contributed by atoms with Gasteiger partial charge in [-0.3, -0.25) is 9.97 Å². The summed E-state index contributed by atoms with van der Waals surface area (Å²) in [5, 5.41) is 0.892. The number of hydrogen-bond acceptors (Lipinski definition) is 4. The van der Waals surface area contributed by atoms with Gasteiger partial charge in [-0.05, 0) is 37.3 Å². The molecule has 0 saturated heterocycles. The van der Waals surface area contributed by atoms with Gasteiger partial charge in [0, 0.05) is 17.3 Å². The minimum absolute atomic E-state index is 0.644. The lowest BCUT2D eigenvalue weighted by Gasteiger charge is -2.09. The molecule has 0 amide bonds.